The fourth-order valence-corrected chi connectivity index (χ4v) is 5.24. The predicted molar refractivity (Wildman–Crippen MR) is 199 cm³/mol. The highest BCUT2D eigenvalue weighted by molar-refractivity contribution is 6.10. The van der Waals surface area contributed by atoms with Crippen LogP contribution in [0.4, 0.5) is 22.7 Å². The third-order valence-corrected chi connectivity index (χ3v) is 7.74. The first-order chi connectivity index (χ1) is 22.3. The van der Waals surface area contributed by atoms with Crippen LogP contribution in [0.3, 0.4) is 0 Å². The first kappa shape index (κ1) is 31.8. The van der Waals surface area contributed by atoms with E-state index < -0.39 is 0 Å². The lowest BCUT2D eigenvalue weighted by atomic mass is 10.0. The van der Waals surface area contributed by atoms with Crippen LogP contribution in [0.1, 0.15) is 50.7 Å². The largest absolute Gasteiger partial charge is 0.326 e. The van der Waals surface area contributed by atoms with E-state index in [4.69, 9.17) is 10.8 Å². The van der Waals surface area contributed by atoms with Gasteiger partial charge >= 0.3 is 0 Å². The Morgan fingerprint density at radius 3 is 1.24 bits per heavy atom. The van der Waals surface area contributed by atoms with Crippen molar-refractivity contribution in [2.75, 3.05) is 21.3 Å². The molecule has 6 rings (SSSR count). The molecule has 0 saturated carbocycles. The highest BCUT2D eigenvalue weighted by Gasteiger charge is 2.07. The smallest absolute Gasteiger partial charge is 0.197 e. The van der Waals surface area contributed by atoms with Gasteiger partial charge in [-0.3, -0.25) is 10.8 Å². The van der Waals surface area contributed by atoms with E-state index in [-0.39, 0.29) is 11.9 Å². The SMILES string of the molecule is CC(C)c1cccc(NC(=N)Nc2cccc(C(C)C)c2)c1.N=C(Nc1cccc2ccccc12)Nc1cccc2ccccc12. The zero-order chi connectivity index (χ0) is 32.5. The summed E-state index contributed by atoms with van der Waals surface area (Å²) in [7, 11) is 0. The summed E-state index contributed by atoms with van der Waals surface area (Å²) in [6, 6.07) is 44.8. The summed E-state index contributed by atoms with van der Waals surface area (Å²) >= 11 is 0. The standard InChI is InChI=1S/C21H17N3.C19H25N3/c22-21(23-19-13-5-9-15-7-1-3-11-17(15)19)24-20-14-6-10-16-8-2-4-12-18(16)20;1-13(2)15-7-5-9-17(11-15)21-19(20)22-18-10-6-8-16(12-18)14(3)4/h1-14H,(H3,22,23,24);5-14H,1-4H3,(H3,20,21,22). The number of guanidine groups is 2. The third-order valence-electron chi connectivity index (χ3n) is 7.74. The first-order valence-electron chi connectivity index (χ1n) is 15.7. The van der Waals surface area contributed by atoms with E-state index in [1.165, 1.54) is 11.1 Å². The maximum atomic E-state index is 8.29. The minimum Gasteiger partial charge on any atom is -0.326 e. The molecule has 232 valence electrons. The van der Waals surface area contributed by atoms with Crippen molar-refractivity contribution in [1.82, 2.24) is 0 Å². The Kier molecular flexibility index (Phi) is 10.3. The van der Waals surface area contributed by atoms with Crippen molar-refractivity contribution in [1.29, 1.82) is 10.8 Å². The maximum Gasteiger partial charge on any atom is 0.197 e. The van der Waals surface area contributed by atoms with Crippen molar-refractivity contribution in [3.05, 3.63) is 145 Å². The van der Waals surface area contributed by atoms with Gasteiger partial charge in [-0.2, -0.15) is 0 Å². The van der Waals surface area contributed by atoms with Crippen LogP contribution in [0.2, 0.25) is 0 Å². The normalized spacial score (nSPS) is 10.7. The lowest BCUT2D eigenvalue weighted by molar-refractivity contribution is 0.867. The van der Waals surface area contributed by atoms with Crippen LogP contribution in [0.25, 0.3) is 21.5 Å². The highest BCUT2D eigenvalue weighted by Crippen LogP contribution is 2.26. The van der Waals surface area contributed by atoms with E-state index in [0.717, 1.165) is 44.3 Å². The second-order valence-corrected chi connectivity index (χ2v) is 11.9. The molecular weight excluding hydrogens is 564 g/mol. The van der Waals surface area contributed by atoms with Gasteiger partial charge in [-0.15, -0.1) is 0 Å². The average molecular weight is 607 g/mol. The van der Waals surface area contributed by atoms with Gasteiger partial charge in [0.2, 0.25) is 0 Å². The molecule has 6 nitrogen and oxygen atoms in total. The van der Waals surface area contributed by atoms with E-state index in [1.807, 2.05) is 72.8 Å². The van der Waals surface area contributed by atoms with Crippen LogP contribution in [0.5, 0.6) is 0 Å². The molecule has 0 heterocycles. The molecule has 0 saturated heterocycles. The van der Waals surface area contributed by atoms with Gasteiger partial charge in [0.25, 0.3) is 0 Å². The van der Waals surface area contributed by atoms with Crippen molar-refractivity contribution in [3.63, 3.8) is 0 Å². The quantitative estimate of drug-likeness (QED) is 0.0840. The van der Waals surface area contributed by atoms with Crippen LogP contribution in [-0.4, -0.2) is 11.9 Å². The molecule has 46 heavy (non-hydrogen) atoms. The fraction of sp³-hybridized carbons (Fsp3) is 0.150. The summed E-state index contributed by atoms with van der Waals surface area (Å²) in [4.78, 5) is 0. The van der Waals surface area contributed by atoms with Crippen molar-refractivity contribution in [2.24, 2.45) is 0 Å². The van der Waals surface area contributed by atoms with Crippen molar-refractivity contribution < 1.29 is 0 Å². The highest BCUT2D eigenvalue weighted by atomic mass is 15.1. The molecular formula is C40H42N6. The summed E-state index contributed by atoms with van der Waals surface area (Å²) in [5.41, 5.74) is 6.24. The molecule has 0 unspecified atom stereocenters. The molecule has 0 amide bonds. The molecule has 0 aliphatic heterocycles. The fourth-order valence-electron chi connectivity index (χ4n) is 5.24. The Hall–Kier alpha value is -5.62. The molecule has 6 aromatic carbocycles. The van der Waals surface area contributed by atoms with Crippen molar-refractivity contribution in [3.8, 4) is 0 Å². The molecule has 6 heteroatoms. The minimum atomic E-state index is 0.253. The number of fused-ring (bicyclic) bond motifs is 2. The molecule has 0 spiro atoms. The van der Waals surface area contributed by atoms with Crippen molar-refractivity contribution >= 4 is 56.2 Å². The Morgan fingerprint density at radius 2 is 0.804 bits per heavy atom. The number of hydrogen-bond donors (Lipinski definition) is 6. The molecule has 0 atom stereocenters. The van der Waals surface area contributed by atoms with Crippen LogP contribution >= 0.6 is 0 Å². The molecule has 0 fully saturated rings. The Morgan fingerprint density at radius 1 is 0.435 bits per heavy atom. The van der Waals surface area contributed by atoms with Gasteiger partial charge < -0.3 is 21.3 Å². The van der Waals surface area contributed by atoms with Gasteiger partial charge in [0, 0.05) is 33.5 Å². The predicted octanol–water partition coefficient (Wildman–Crippen LogP) is 10.8. The van der Waals surface area contributed by atoms with E-state index in [0.29, 0.717) is 11.8 Å². The summed E-state index contributed by atoms with van der Waals surface area (Å²) in [5.74, 6) is 1.49. The summed E-state index contributed by atoms with van der Waals surface area (Å²) in [6.45, 7) is 8.67. The number of hydrogen-bond acceptors (Lipinski definition) is 2. The maximum absolute atomic E-state index is 8.29. The number of benzene rings is 6. The second-order valence-electron chi connectivity index (χ2n) is 11.9. The Bertz CT molecular complexity index is 1810. The number of anilines is 4. The Labute approximate surface area is 271 Å². The third kappa shape index (κ3) is 8.30. The second kappa shape index (κ2) is 14.9. The molecule has 0 aromatic heterocycles. The first-order valence-corrected chi connectivity index (χ1v) is 15.7. The summed E-state index contributed by atoms with van der Waals surface area (Å²) in [5, 5.41) is 33.5. The van der Waals surface area contributed by atoms with Crippen LogP contribution < -0.4 is 21.3 Å². The minimum absolute atomic E-state index is 0.253. The average Bonchev–Trinajstić information content (AvgIpc) is 3.05. The number of nitrogens with one attached hydrogen (secondary N) is 6. The summed E-state index contributed by atoms with van der Waals surface area (Å²) < 4.78 is 0. The molecule has 0 aliphatic rings. The Balaban J connectivity index is 0.000000182. The molecule has 0 bridgehead atoms. The van der Waals surface area contributed by atoms with Crippen LogP contribution in [0, 0.1) is 10.8 Å². The van der Waals surface area contributed by atoms with Gasteiger partial charge in [-0.25, -0.2) is 0 Å². The van der Waals surface area contributed by atoms with E-state index in [1.54, 1.807) is 0 Å². The molecule has 6 aromatic rings. The monoisotopic (exact) mass is 606 g/mol. The topological polar surface area (TPSA) is 95.8 Å². The lowest BCUT2D eigenvalue weighted by Crippen LogP contribution is -2.20. The van der Waals surface area contributed by atoms with Gasteiger partial charge in [-0.1, -0.05) is 125 Å². The van der Waals surface area contributed by atoms with Gasteiger partial charge in [-0.05, 0) is 70.1 Å². The molecule has 0 radical (unpaired) electrons. The van der Waals surface area contributed by atoms with E-state index >= 15 is 0 Å². The van der Waals surface area contributed by atoms with Crippen LogP contribution in [0.15, 0.2) is 133 Å². The van der Waals surface area contributed by atoms with Gasteiger partial charge in [0.15, 0.2) is 11.9 Å². The zero-order valence-corrected chi connectivity index (χ0v) is 26.9. The van der Waals surface area contributed by atoms with Crippen molar-refractivity contribution in [2.45, 2.75) is 39.5 Å². The van der Waals surface area contributed by atoms with Gasteiger partial charge in [0.05, 0.1) is 0 Å². The number of rotatable bonds is 6. The van der Waals surface area contributed by atoms with Gasteiger partial charge in [0.1, 0.15) is 0 Å². The summed E-state index contributed by atoms with van der Waals surface area (Å²) in [6.07, 6.45) is 0. The zero-order valence-electron chi connectivity index (χ0n) is 26.9. The van der Waals surface area contributed by atoms with E-state index in [9.17, 15) is 0 Å². The molecule has 0 aliphatic carbocycles. The van der Waals surface area contributed by atoms with Crippen LogP contribution in [-0.2, 0) is 0 Å². The molecule has 6 N–H and O–H groups in total. The lowest BCUT2D eigenvalue weighted by Gasteiger charge is -2.14. The van der Waals surface area contributed by atoms with E-state index in [2.05, 4.69) is 110 Å².